The Morgan fingerprint density at radius 2 is 2.06 bits per heavy atom. The summed E-state index contributed by atoms with van der Waals surface area (Å²) in [6, 6.07) is 2.45. The number of rotatable bonds is 1. The van der Waals surface area contributed by atoms with E-state index in [1.807, 2.05) is 6.92 Å². The summed E-state index contributed by atoms with van der Waals surface area (Å²) in [6.07, 6.45) is -2.12. The number of aryl methyl sites for hydroxylation is 2. The van der Waals surface area contributed by atoms with Crippen molar-refractivity contribution in [3.05, 3.63) is 35.3 Å². The van der Waals surface area contributed by atoms with Crippen molar-refractivity contribution in [3.63, 3.8) is 0 Å². The van der Waals surface area contributed by atoms with Crippen LogP contribution in [0.5, 0.6) is 0 Å². The van der Waals surface area contributed by atoms with E-state index in [4.69, 9.17) is 0 Å². The Labute approximate surface area is 90.7 Å². The largest absolute Gasteiger partial charge is 0.419 e. The first-order valence-electron chi connectivity index (χ1n) is 4.99. The van der Waals surface area contributed by atoms with Gasteiger partial charge >= 0.3 is 6.18 Å². The Morgan fingerprint density at radius 3 is 2.62 bits per heavy atom. The highest BCUT2D eigenvalue weighted by Gasteiger charge is 2.34. The number of hydrogen-bond donors (Lipinski definition) is 0. The van der Waals surface area contributed by atoms with E-state index in [0.717, 1.165) is 11.8 Å². The normalized spacial score (nSPS) is 12.3. The third kappa shape index (κ3) is 1.56. The van der Waals surface area contributed by atoms with Gasteiger partial charge in [-0.1, -0.05) is 6.92 Å². The van der Waals surface area contributed by atoms with Gasteiger partial charge in [-0.2, -0.15) is 13.2 Å². The van der Waals surface area contributed by atoms with Gasteiger partial charge in [0.2, 0.25) is 0 Å². The van der Waals surface area contributed by atoms with Crippen molar-refractivity contribution in [3.8, 4) is 0 Å². The zero-order valence-electron chi connectivity index (χ0n) is 8.97. The predicted octanol–water partition coefficient (Wildman–Crippen LogP) is 3.22. The Morgan fingerprint density at radius 1 is 1.38 bits per heavy atom. The smallest absolute Gasteiger partial charge is 0.304 e. The van der Waals surface area contributed by atoms with Crippen LogP contribution < -0.4 is 0 Å². The van der Waals surface area contributed by atoms with Crippen LogP contribution >= 0.6 is 0 Å². The van der Waals surface area contributed by atoms with Crippen molar-refractivity contribution < 1.29 is 13.2 Å². The monoisotopic (exact) mass is 228 g/mol. The molecule has 86 valence electrons. The number of aromatic nitrogens is 2. The highest BCUT2D eigenvalue weighted by atomic mass is 19.4. The van der Waals surface area contributed by atoms with Gasteiger partial charge in [-0.05, 0) is 25.5 Å². The second-order valence-corrected chi connectivity index (χ2v) is 3.61. The van der Waals surface area contributed by atoms with Crippen LogP contribution in [-0.2, 0) is 12.6 Å². The molecule has 0 saturated carbocycles. The first-order chi connectivity index (χ1) is 7.45. The van der Waals surface area contributed by atoms with E-state index in [2.05, 4.69) is 4.98 Å². The van der Waals surface area contributed by atoms with Gasteiger partial charge in [0.15, 0.2) is 0 Å². The molecule has 0 radical (unpaired) electrons. The van der Waals surface area contributed by atoms with Gasteiger partial charge in [0.1, 0.15) is 5.65 Å². The number of hydrogen-bond acceptors (Lipinski definition) is 1. The molecular weight excluding hydrogens is 217 g/mol. The number of alkyl halides is 3. The Balaban J connectivity index is 2.79. The van der Waals surface area contributed by atoms with Gasteiger partial charge in [0.25, 0.3) is 0 Å². The molecule has 0 spiro atoms. The summed E-state index contributed by atoms with van der Waals surface area (Å²) in [5, 5.41) is 0. The molecule has 2 rings (SSSR count). The van der Waals surface area contributed by atoms with Crippen LogP contribution in [0.15, 0.2) is 18.3 Å². The second kappa shape index (κ2) is 3.50. The Kier molecular flexibility index (Phi) is 2.40. The van der Waals surface area contributed by atoms with Crippen molar-refractivity contribution in [2.75, 3.05) is 0 Å². The van der Waals surface area contributed by atoms with Crippen molar-refractivity contribution in [2.24, 2.45) is 0 Å². The van der Waals surface area contributed by atoms with Gasteiger partial charge in [-0.25, -0.2) is 4.98 Å². The number of nitrogens with zero attached hydrogens (tertiary/aromatic N) is 2. The van der Waals surface area contributed by atoms with Gasteiger partial charge in [-0.3, -0.25) is 0 Å². The van der Waals surface area contributed by atoms with Crippen molar-refractivity contribution in [1.29, 1.82) is 0 Å². The lowest BCUT2D eigenvalue weighted by molar-refractivity contribution is -0.136. The lowest BCUT2D eigenvalue weighted by Gasteiger charge is -2.07. The van der Waals surface area contributed by atoms with E-state index in [1.54, 1.807) is 13.1 Å². The molecule has 2 aromatic heterocycles. The molecule has 0 aliphatic carbocycles. The van der Waals surface area contributed by atoms with E-state index in [0.29, 0.717) is 12.1 Å². The molecule has 2 aromatic rings. The fourth-order valence-corrected chi connectivity index (χ4v) is 1.79. The molecule has 2 heterocycles. The summed E-state index contributed by atoms with van der Waals surface area (Å²) in [5.74, 6) is 0. The highest BCUT2D eigenvalue weighted by molar-refractivity contribution is 5.52. The van der Waals surface area contributed by atoms with E-state index < -0.39 is 11.7 Å². The summed E-state index contributed by atoms with van der Waals surface area (Å²) in [5.41, 5.74) is 0.780. The molecule has 5 heteroatoms. The fourth-order valence-electron chi connectivity index (χ4n) is 1.79. The average Bonchev–Trinajstić information content (AvgIpc) is 2.54. The maximum Gasteiger partial charge on any atom is 0.419 e. The van der Waals surface area contributed by atoms with Gasteiger partial charge < -0.3 is 4.40 Å². The topological polar surface area (TPSA) is 17.3 Å². The molecule has 16 heavy (non-hydrogen) atoms. The molecule has 0 aliphatic heterocycles. The van der Waals surface area contributed by atoms with Crippen LogP contribution in [0, 0.1) is 6.92 Å². The number of pyridine rings is 1. The third-order valence-electron chi connectivity index (χ3n) is 2.63. The maximum absolute atomic E-state index is 12.7. The quantitative estimate of drug-likeness (QED) is 0.732. The van der Waals surface area contributed by atoms with Gasteiger partial charge in [0, 0.05) is 11.9 Å². The van der Waals surface area contributed by atoms with Crippen LogP contribution in [0.1, 0.15) is 23.9 Å². The number of halogens is 3. The molecular formula is C11H11F3N2. The van der Waals surface area contributed by atoms with E-state index in [-0.39, 0.29) is 5.65 Å². The molecule has 0 bridgehead atoms. The summed E-state index contributed by atoms with van der Waals surface area (Å²) < 4.78 is 39.6. The summed E-state index contributed by atoms with van der Waals surface area (Å²) in [7, 11) is 0. The molecule has 0 aliphatic rings. The zero-order valence-corrected chi connectivity index (χ0v) is 8.97. The zero-order chi connectivity index (χ0) is 11.9. The minimum atomic E-state index is -4.36. The van der Waals surface area contributed by atoms with E-state index in [9.17, 15) is 13.2 Å². The maximum atomic E-state index is 12.7. The van der Waals surface area contributed by atoms with Crippen LogP contribution in [0.4, 0.5) is 13.2 Å². The first kappa shape index (κ1) is 11.0. The summed E-state index contributed by atoms with van der Waals surface area (Å²) in [6.45, 7) is 3.65. The summed E-state index contributed by atoms with van der Waals surface area (Å²) in [4.78, 5) is 4.04. The third-order valence-corrected chi connectivity index (χ3v) is 2.63. The molecule has 0 aromatic carbocycles. The van der Waals surface area contributed by atoms with Gasteiger partial charge in [-0.15, -0.1) is 0 Å². The standard InChI is InChI=1S/C11H11F3N2/c1-3-9-7(2)16-6-4-5-8(10(16)15-9)11(12,13)14/h4-6H,3H2,1-2H3. The fraction of sp³-hybridized carbons (Fsp3) is 0.364. The number of imidazole rings is 1. The predicted molar refractivity (Wildman–Crippen MR) is 54.3 cm³/mol. The minimum Gasteiger partial charge on any atom is -0.304 e. The SMILES string of the molecule is CCc1nc2c(C(F)(F)F)cccn2c1C. The van der Waals surface area contributed by atoms with Crippen molar-refractivity contribution >= 4 is 5.65 Å². The molecule has 0 saturated heterocycles. The number of fused-ring (bicyclic) bond motifs is 1. The molecule has 0 unspecified atom stereocenters. The Bertz CT molecular complexity index is 526. The van der Waals surface area contributed by atoms with Crippen LogP contribution in [0.25, 0.3) is 5.65 Å². The van der Waals surface area contributed by atoms with Crippen LogP contribution in [0.2, 0.25) is 0 Å². The molecule has 0 atom stereocenters. The minimum absolute atomic E-state index is 0.00986. The second-order valence-electron chi connectivity index (χ2n) is 3.61. The lowest BCUT2D eigenvalue weighted by Crippen LogP contribution is -2.07. The van der Waals surface area contributed by atoms with E-state index in [1.165, 1.54) is 10.5 Å². The Hall–Kier alpha value is -1.52. The van der Waals surface area contributed by atoms with E-state index >= 15 is 0 Å². The highest BCUT2D eigenvalue weighted by Crippen LogP contribution is 2.32. The molecule has 0 N–H and O–H groups in total. The average molecular weight is 228 g/mol. The van der Waals surface area contributed by atoms with Crippen molar-refractivity contribution in [1.82, 2.24) is 9.38 Å². The van der Waals surface area contributed by atoms with Crippen LogP contribution in [0.3, 0.4) is 0 Å². The van der Waals surface area contributed by atoms with Crippen molar-refractivity contribution in [2.45, 2.75) is 26.4 Å². The summed E-state index contributed by atoms with van der Waals surface area (Å²) >= 11 is 0. The van der Waals surface area contributed by atoms with Crippen LogP contribution in [-0.4, -0.2) is 9.38 Å². The molecule has 2 nitrogen and oxygen atoms in total. The molecule has 0 fully saturated rings. The first-order valence-corrected chi connectivity index (χ1v) is 4.99. The lowest BCUT2D eigenvalue weighted by atomic mass is 10.2. The van der Waals surface area contributed by atoms with Gasteiger partial charge in [0.05, 0.1) is 11.3 Å². The molecule has 0 amide bonds.